The number of aromatic nitrogens is 1. The highest BCUT2D eigenvalue weighted by Gasteiger charge is 2.08. The average molecular weight is 230 g/mol. The van der Waals surface area contributed by atoms with Gasteiger partial charge >= 0.3 is 0 Å². The first-order valence-electron chi connectivity index (χ1n) is 5.53. The van der Waals surface area contributed by atoms with Crippen LogP contribution in [-0.2, 0) is 11.3 Å². The fourth-order valence-electron chi connectivity index (χ4n) is 1.89. The molecular weight excluding hydrogens is 216 g/mol. The van der Waals surface area contributed by atoms with E-state index in [0.29, 0.717) is 11.1 Å². The SMILES string of the molecule is CCn1cc(NC(C)=O)c(=O)c2ccccc21. The molecule has 88 valence electrons. The molecule has 1 aromatic heterocycles. The molecule has 0 spiro atoms. The number of rotatable bonds is 2. The monoisotopic (exact) mass is 230 g/mol. The number of nitrogens with zero attached hydrogens (tertiary/aromatic N) is 1. The van der Waals surface area contributed by atoms with Gasteiger partial charge in [0.15, 0.2) is 0 Å². The molecule has 1 aromatic carbocycles. The molecule has 0 bridgehead atoms. The van der Waals surface area contributed by atoms with E-state index in [1.807, 2.05) is 29.7 Å². The molecule has 17 heavy (non-hydrogen) atoms. The number of hydrogen-bond acceptors (Lipinski definition) is 2. The smallest absolute Gasteiger partial charge is 0.221 e. The average Bonchev–Trinajstić information content (AvgIpc) is 2.32. The lowest BCUT2D eigenvalue weighted by molar-refractivity contribution is -0.114. The van der Waals surface area contributed by atoms with Crippen LogP contribution in [0.1, 0.15) is 13.8 Å². The van der Waals surface area contributed by atoms with Crippen molar-refractivity contribution in [2.75, 3.05) is 5.32 Å². The number of hydrogen-bond donors (Lipinski definition) is 1. The molecule has 4 heteroatoms. The summed E-state index contributed by atoms with van der Waals surface area (Å²) in [7, 11) is 0. The first-order valence-corrected chi connectivity index (χ1v) is 5.53. The molecule has 2 aromatic rings. The Bertz CT molecular complexity index is 629. The normalized spacial score (nSPS) is 10.5. The number of fused-ring (bicyclic) bond motifs is 1. The minimum Gasteiger partial charge on any atom is -0.345 e. The van der Waals surface area contributed by atoms with E-state index in [1.54, 1.807) is 12.3 Å². The van der Waals surface area contributed by atoms with E-state index in [4.69, 9.17) is 0 Å². The van der Waals surface area contributed by atoms with Gasteiger partial charge in [0.25, 0.3) is 0 Å². The first-order chi connectivity index (χ1) is 8.13. The van der Waals surface area contributed by atoms with Gasteiger partial charge in [-0.25, -0.2) is 0 Å². The fourth-order valence-corrected chi connectivity index (χ4v) is 1.89. The molecule has 0 unspecified atom stereocenters. The minimum absolute atomic E-state index is 0.138. The Morgan fingerprint density at radius 3 is 2.71 bits per heavy atom. The van der Waals surface area contributed by atoms with Crippen LogP contribution in [0.4, 0.5) is 5.69 Å². The largest absolute Gasteiger partial charge is 0.345 e. The van der Waals surface area contributed by atoms with Crippen molar-refractivity contribution in [3.63, 3.8) is 0 Å². The maximum atomic E-state index is 12.1. The third kappa shape index (κ3) is 2.06. The molecule has 0 saturated heterocycles. The Morgan fingerprint density at radius 1 is 1.35 bits per heavy atom. The van der Waals surface area contributed by atoms with Crippen molar-refractivity contribution in [1.29, 1.82) is 0 Å². The van der Waals surface area contributed by atoms with Crippen molar-refractivity contribution in [1.82, 2.24) is 4.57 Å². The second-order valence-corrected chi connectivity index (χ2v) is 3.86. The molecule has 1 heterocycles. The molecular formula is C13H14N2O2. The van der Waals surface area contributed by atoms with E-state index >= 15 is 0 Å². The standard InChI is InChI=1S/C13H14N2O2/c1-3-15-8-11(14-9(2)16)13(17)10-6-4-5-7-12(10)15/h4-8H,3H2,1-2H3,(H,14,16). The summed E-state index contributed by atoms with van der Waals surface area (Å²) < 4.78 is 1.95. The highest BCUT2D eigenvalue weighted by atomic mass is 16.2. The molecule has 0 radical (unpaired) electrons. The number of aryl methyl sites for hydroxylation is 1. The van der Waals surface area contributed by atoms with Crippen LogP contribution in [-0.4, -0.2) is 10.5 Å². The number of anilines is 1. The van der Waals surface area contributed by atoms with Crippen molar-refractivity contribution in [2.24, 2.45) is 0 Å². The van der Waals surface area contributed by atoms with Crippen LogP contribution in [0.15, 0.2) is 35.3 Å². The van der Waals surface area contributed by atoms with E-state index in [2.05, 4.69) is 5.32 Å². The topological polar surface area (TPSA) is 51.1 Å². The number of amides is 1. The van der Waals surface area contributed by atoms with Gasteiger partial charge in [-0.1, -0.05) is 12.1 Å². The maximum Gasteiger partial charge on any atom is 0.221 e. The van der Waals surface area contributed by atoms with Gasteiger partial charge in [-0.05, 0) is 19.1 Å². The Balaban J connectivity index is 2.76. The quantitative estimate of drug-likeness (QED) is 0.857. The summed E-state index contributed by atoms with van der Waals surface area (Å²) in [5.41, 5.74) is 1.08. The van der Waals surface area contributed by atoms with Gasteiger partial charge in [-0.3, -0.25) is 9.59 Å². The lowest BCUT2D eigenvalue weighted by Crippen LogP contribution is -2.18. The summed E-state index contributed by atoms with van der Waals surface area (Å²) in [4.78, 5) is 23.1. The Hall–Kier alpha value is -2.10. The van der Waals surface area contributed by atoms with Gasteiger partial charge in [0.2, 0.25) is 11.3 Å². The maximum absolute atomic E-state index is 12.1. The summed E-state index contributed by atoms with van der Waals surface area (Å²) in [5.74, 6) is -0.236. The number of benzene rings is 1. The van der Waals surface area contributed by atoms with Crippen LogP contribution in [0, 0.1) is 0 Å². The van der Waals surface area contributed by atoms with Gasteiger partial charge in [-0.2, -0.15) is 0 Å². The Labute approximate surface area is 98.9 Å². The molecule has 4 nitrogen and oxygen atoms in total. The molecule has 0 aliphatic carbocycles. The van der Waals surface area contributed by atoms with Crippen molar-refractivity contribution in [3.05, 3.63) is 40.7 Å². The lowest BCUT2D eigenvalue weighted by Gasteiger charge is -2.11. The van der Waals surface area contributed by atoms with Crippen LogP contribution in [0.25, 0.3) is 10.9 Å². The highest BCUT2D eigenvalue weighted by Crippen LogP contribution is 2.13. The number of carbonyl (C=O) groups is 1. The summed E-state index contributed by atoms with van der Waals surface area (Å²) in [6.07, 6.45) is 1.69. The van der Waals surface area contributed by atoms with E-state index < -0.39 is 0 Å². The zero-order valence-electron chi connectivity index (χ0n) is 9.86. The zero-order valence-corrected chi connectivity index (χ0v) is 9.86. The summed E-state index contributed by atoms with van der Waals surface area (Å²) in [5, 5.41) is 3.19. The molecule has 0 saturated carbocycles. The molecule has 0 atom stereocenters. The third-order valence-electron chi connectivity index (χ3n) is 2.64. The molecule has 2 rings (SSSR count). The van der Waals surface area contributed by atoms with Crippen LogP contribution in [0.5, 0.6) is 0 Å². The van der Waals surface area contributed by atoms with Gasteiger partial charge < -0.3 is 9.88 Å². The van der Waals surface area contributed by atoms with Crippen LogP contribution in [0.3, 0.4) is 0 Å². The van der Waals surface area contributed by atoms with Crippen LogP contribution in [0.2, 0.25) is 0 Å². The Kier molecular flexibility index (Phi) is 2.95. The van der Waals surface area contributed by atoms with Crippen LogP contribution >= 0.6 is 0 Å². The number of pyridine rings is 1. The summed E-state index contributed by atoms with van der Waals surface area (Å²) in [6.45, 7) is 4.13. The van der Waals surface area contributed by atoms with Gasteiger partial charge in [0.05, 0.1) is 5.52 Å². The van der Waals surface area contributed by atoms with E-state index in [1.165, 1.54) is 6.92 Å². The first kappa shape index (κ1) is 11.4. The van der Waals surface area contributed by atoms with Crippen molar-refractivity contribution in [3.8, 4) is 0 Å². The summed E-state index contributed by atoms with van der Waals surface area (Å²) in [6, 6.07) is 7.39. The highest BCUT2D eigenvalue weighted by molar-refractivity contribution is 5.91. The zero-order chi connectivity index (χ0) is 12.4. The number of nitrogens with one attached hydrogen (secondary N) is 1. The van der Waals surface area contributed by atoms with Crippen molar-refractivity contribution < 1.29 is 4.79 Å². The molecule has 0 fully saturated rings. The number of carbonyl (C=O) groups excluding carboxylic acids is 1. The van der Waals surface area contributed by atoms with E-state index in [0.717, 1.165) is 12.1 Å². The number of para-hydroxylation sites is 1. The molecule has 1 N–H and O–H groups in total. The fraction of sp³-hybridized carbons (Fsp3) is 0.231. The van der Waals surface area contributed by atoms with Crippen molar-refractivity contribution >= 4 is 22.5 Å². The second kappa shape index (κ2) is 4.41. The lowest BCUT2D eigenvalue weighted by atomic mass is 10.2. The summed E-state index contributed by atoms with van der Waals surface area (Å²) >= 11 is 0. The minimum atomic E-state index is -0.236. The van der Waals surface area contributed by atoms with Gasteiger partial charge in [-0.15, -0.1) is 0 Å². The van der Waals surface area contributed by atoms with E-state index in [9.17, 15) is 9.59 Å². The molecule has 0 aliphatic rings. The van der Waals surface area contributed by atoms with Gasteiger partial charge in [0.1, 0.15) is 5.69 Å². The van der Waals surface area contributed by atoms with E-state index in [-0.39, 0.29) is 11.3 Å². The molecule has 1 amide bonds. The molecule has 0 aliphatic heterocycles. The predicted octanol–water partition coefficient (Wildman–Crippen LogP) is 1.98. The van der Waals surface area contributed by atoms with Gasteiger partial charge in [0, 0.05) is 25.1 Å². The predicted molar refractivity (Wildman–Crippen MR) is 68.2 cm³/mol. The van der Waals surface area contributed by atoms with Crippen molar-refractivity contribution in [2.45, 2.75) is 20.4 Å². The van der Waals surface area contributed by atoms with Crippen LogP contribution < -0.4 is 10.7 Å². The Morgan fingerprint density at radius 2 is 2.06 bits per heavy atom. The second-order valence-electron chi connectivity index (χ2n) is 3.86. The third-order valence-corrected chi connectivity index (χ3v) is 2.64.